The zero-order chi connectivity index (χ0) is 15.3. The van der Waals surface area contributed by atoms with Crippen LogP contribution in [0.15, 0.2) is 0 Å². The Balaban J connectivity index is 1.56. The second-order valence-corrected chi connectivity index (χ2v) is 8.00. The van der Waals surface area contributed by atoms with Crippen LogP contribution in [-0.4, -0.2) is 36.0 Å². The third kappa shape index (κ3) is 6.25. The van der Waals surface area contributed by atoms with Crippen LogP contribution in [0.3, 0.4) is 0 Å². The minimum Gasteiger partial charge on any atom is -0.394 e. The van der Waals surface area contributed by atoms with Crippen LogP contribution >= 0.6 is 0 Å². The molecule has 2 N–H and O–H groups in total. The maximum absolute atomic E-state index is 9.59. The molecule has 0 heterocycles. The Bertz CT molecular complexity index is 296. The highest BCUT2D eigenvalue weighted by molar-refractivity contribution is 4.92. The number of ether oxygens (including phenoxy) is 1. The number of aliphatic hydroxyl groups is 1. The monoisotopic (exact) mass is 297 g/mol. The zero-order valence-corrected chi connectivity index (χ0v) is 14.2. The molecule has 0 aromatic carbocycles. The van der Waals surface area contributed by atoms with Gasteiger partial charge in [0.15, 0.2) is 0 Å². The second kappa shape index (κ2) is 7.94. The topological polar surface area (TPSA) is 41.5 Å². The van der Waals surface area contributed by atoms with E-state index in [1.165, 1.54) is 32.1 Å². The lowest BCUT2D eigenvalue weighted by molar-refractivity contribution is -0.00137. The normalized spacial score (nSPS) is 32.9. The van der Waals surface area contributed by atoms with Gasteiger partial charge >= 0.3 is 0 Å². The van der Waals surface area contributed by atoms with E-state index < -0.39 is 0 Å². The van der Waals surface area contributed by atoms with Gasteiger partial charge in [-0.2, -0.15) is 0 Å². The first kappa shape index (κ1) is 17.2. The van der Waals surface area contributed by atoms with Crippen LogP contribution < -0.4 is 5.32 Å². The van der Waals surface area contributed by atoms with E-state index in [4.69, 9.17) is 4.74 Å². The van der Waals surface area contributed by atoms with Gasteiger partial charge in [-0.05, 0) is 70.1 Å². The standard InChI is InChI=1S/C18H35NO2/c1-14-10-15(2)12-17(11-14)21-9-5-4-8-18(3,13-20)19-16-6-7-16/h14-17,19-20H,4-13H2,1-3H3. The van der Waals surface area contributed by atoms with E-state index >= 15 is 0 Å². The summed E-state index contributed by atoms with van der Waals surface area (Å²) < 4.78 is 6.08. The smallest absolute Gasteiger partial charge is 0.0610 e. The highest BCUT2D eigenvalue weighted by atomic mass is 16.5. The Morgan fingerprint density at radius 2 is 1.76 bits per heavy atom. The summed E-state index contributed by atoms with van der Waals surface area (Å²) in [6.07, 6.45) is 10.2. The predicted molar refractivity (Wildman–Crippen MR) is 87.4 cm³/mol. The van der Waals surface area contributed by atoms with Gasteiger partial charge in [0.05, 0.1) is 12.7 Å². The van der Waals surface area contributed by atoms with Gasteiger partial charge in [-0.25, -0.2) is 0 Å². The number of unbranched alkanes of at least 4 members (excludes halogenated alkanes) is 1. The van der Waals surface area contributed by atoms with Crippen LogP contribution in [0.25, 0.3) is 0 Å². The number of rotatable bonds is 9. The summed E-state index contributed by atoms with van der Waals surface area (Å²) in [5.41, 5.74) is -0.0883. The molecule has 0 saturated heterocycles. The lowest BCUT2D eigenvalue weighted by Crippen LogP contribution is -2.46. The molecule has 0 aromatic rings. The Morgan fingerprint density at radius 3 is 2.33 bits per heavy atom. The molecule has 2 aliphatic carbocycles. The van der Waals surface area contributed by atoms with Crippen molar-refractivity contribution in [1.29, 1.82) is 0 Å². The van der Waals surface area contributed by atoms with Crippen LogP contribution in [-0.2, 0) is 4.74 Å². The minimum atomic E-state index is -0.0883. The highest BCUT2D eigenvalue weighted by Gasteiger charge is 2.31. The van der Waals surface area contributed by atoms with Crippen molar-refractivity contribution in [2.24, 2.45) is 11.8 Å². The summed E-state index contributed by atoms with van der Waals surface area (Å²) in [4.78, 5) is 0. The quantitative estimate of drug-likeness (QED) is 0.640. The molecule has 2 fully saturated rings. The highest BCUT2D eigenvalue weighted by Crippen LogP contribution is 2.30. The zero-order valence-electron chi connectivity index (χ0n) is 14.2. The van der Waals surface area contributed by atoms with Crippen molar-refractivity contribution in [3.05, 3.63) is 0 Å². The van der Waals surface area contributed by atoms with Crippen molar-refractivity contribution in [3.63, 3.8) is 0 Å². The fourth-order valence-corrected chi connectivity index (χ4v) is 3.79. The van der Waals surface area contributed by atoms with Gasteiger partial charge in [0.25, 0.3) is 0 Å². The molecule has 3 heteroatoms. The Kier molecular flexibility index (Phi) is 6.51. The van der Waals surface area contributed by atoms with E-state index in [1.54, 1.807) is 0 Å². The average Bonchev–Trinajstić information content (AvgIpc) is 3.21. The number of hydrogen-bond donors (Lipinski definition) is 2. The Labute approximate surface area is 130 Å². The Morgan fingerprint density at radius 1 is 1.10 bits per heavy atom. The molecular weight excluding hydrogens is 262 g/mol. The van der Waals surface area contributed by atoms with Crippen LogP contribution in [0.1, 0.15) is 72.1 Å². The average molecular weight is 297 g/mol. The van der Waals surface area contributed by atoms with E-state index in [9.17, 15) is 5.11 Å². The third-order valence-corrected chi connectivity index (χ3v) is 5.09. The van der Waals surface area contributed by atoms with Crippen LogP contribution in [0.4, 0.5) is 0 Å². The van der Waals surface area contributed by atoms with Gasteiger partial charge in [0.1, 0.15) is 0 Å². The van der Waals surface area contributed by atoms with Gasteiger partial charge in [0, 0.05) is 18.2 Å². The summed E-state index contributed by atoms with van der Waals surface area (Å²) in [7, 11) is 0. The molecule has 0 spiro atoms. The number of aliphatic hydroxyl groups excluding tert-OH is 1. The van der Waals surface area contributed by atoms with E-state index in [2.05, 4.69) is 26.1 Å². The second-order valence-electron chi connectivity index (χ2n) is 8.00. The molecule has 0 bridgehead atoms. The van der Waals surface area contributed by atoms with Crippen LogP contribution in [0.2, 0.25) is 0 Å². The predicted octanol–water partition coefficient (Wildman–Crippen LogP) is 3.50. The summed E-state index contributed by atoms with van der Waals surface area (Å²) in [6.45, 7) is 7.97. The Hall–Kier alpha value is -0.120. The van der Waals surface area contributed by atoms with Crippen molar-refractivity contribution in [1.82, 2.24) is 5.32 Å². The first-order valence-electron chi connectivity index (χ1n) is 9.01. The lowest BCUT2D eigenvalue weighted by atomic mass is 9.82. The molecule has 2 aliphatic rings. The SMILES string of the molecule is CC1CC(C)CC(OCCCCC(C)(CO)NC2CC2)C1. The van der Waals surface area contributed by atoms with Crippen molar-refractivity contribution in [2.45, 2.75) is 89.8 Å². The molecule has 3 nitrogen and oxygen atoms in total. The van der Waals surface area contributed by atoms with Gasteiger partial charge in [-0.1, -0.05) is 13.8 Å². The maximum Gasteiger partial charge on any atom is 0.0610 e. The largest absolute Gasteiger partial charge is 0.394 e. The molecule has 0 aliphatic heterocycles. The maximum atomic E-state index is 9.59. The van der Waals surface area contributed by atoms with Crippen molar-refractivity contribution >= 4 is 0 Å². The molecule has 21 heavy (non-hydrogen) atoms. The van der Waals surface area contributed by atoms with Gasteiger partial charge < -0.3 is 15.2 Å². The first-order valence-corrected chi connectivity index (χ1v) is 9.01. The fourth-order valence-electron chi connectivity index (χ4n) is 3.79. The summed E-state index contributed by atoms with van der Waals surface area (Å²) >= 11 is 0. The van der Waals surface area contributed by atoms with E-state index in [1.807, 2.05) is 0 Å². The summed E-state index contributed by atoms with van der Waals surface area (Å²) in [5.74, 6) is 1.64. The first-order chi connectivity index (χ1) is 10.0. The summed E-state index contributed by atoms with van der Waals surface area (Å²) in [5, 5.41) is 13.2. The molecule has 124 valence electrons. The molecule has 2 saturated carbocycles. The molecule has 2 rings (SSSR count). The molecule has 3 atom stereocenters. The number of nitrogens with one attached hydrogen (secondary N) is 1. The fraction of sp³-hybridized carbons (Fsp3) is 1.00. The molecule has 0 aromatic heterocycles. The van der Waals surface area contributed by atoms with E-state index in [0.717, 1.165) is 37.7 Å². The molecule has 0 radical (unpaired) electrons. The summed E-state index contributed by atoms with van der Waals surface area (Å²) in [6, 6.07) is 0.656. The molecular formula is C18H35NO2. The third-order valence-electron chi connectivity index (χ3n) is 5.09. The lowest BCUT2D eigenvalue weighted by Gasteiger charge is -2.32. The van der Waals surface area contributed by atoms with Crippen LogP contribution in [0.5, 0.6) is 0 Å². The van der Waals surface area contributed by atoms with Crippen molar-refractivity contribution in [2.75, 3.05) is 13.2 Å². The molecule has 0 amide bonds. The minimum absolute atomic E-state index is 0.0883. The van der Waals surface area contributed by atoms with Crippen LogP contribution in [0, 0.1) is 11.8 Å². The van der Waals surface area contributed by atoms with Crippen molar-refractivity contribution < 1.29 is 9.84 Å². The van der Waals surface area contributed by atoms with Gasteiger partial charge in [-0.3, -0.25) is 0 Å². The van der Waals surface area contributed by atoms with Crippen molar-refractivity contribution in [3.8, 4) is 0 Å². The van der Waals surface area contributed by atoms with E-state index in [0.29, 0.717) is 12.1 Å². The number of hydrogen-bond acceptors (Lipinski definition) is 3. The van der Waals surface area contributed by atoms with E-state index in [-0.39, 0.29) is 12.1 Å². The van der Waals surface area contributed by atoms with Gasteiger partial charge in [-0.15, -0.1) is 0 Å². The van der Waals surface area contributed by atoms with Gasteiger partial charge in [0.2, 0.25) is 0 Å². The molecule has 3 unspecified atom stereocenters.